The van der Waals surface area contributed by atoms with E-state index in [4.69, 9.17) is 10.8 Å². The largest absolute Gasteiger partial charge is 0.460 e. The van der Waals surface area contributed by atoms with E-state index < -0.39 is 18.1 Å². The first kappa shape index (κ1) is 10.1. The van der Waals surface area contributed by atoms with Crippen molar-refractivity contribution in [1.82, 2.24) is 0 Å². The van der Waals surface area contributed by atoms with Crippen LogP contribution in [0.1, 0.15) is 6.92 Å². The zero-order valence-corrected chi connectivity index (χ0v) is 6.49. The summed E-state index contributed by atoms with van der Waals surface area (Å²) in [4.78, 5) is 10.8. The van der Waals surface area contributed by atoms with E-state index in [2.05, 4.69) is 11.3 Å². The highest BCUT2D eigenvalue weighted by molar-refractivity contribution is 5.76. The lowest BCUT2D eigenvalue weighted by Crippen LogP contribution is -2.41. The van der Waals surface area contributed by atoms with Crippen molar-refractivity contribution in [3.05, 3.63) is 12.7 Å². The van der Waals surface area contributed by atoms with Crippen molar-refractivity contribution in [1.29, 1.82) is 0 Å². The Balaban J connectivity index is 3.73. The van der Waals surface area contributed by atoms with Crippen LogP contribution in [0, 0.1) is 0 Å². The molecule has 0 spiro atoms. The molecular formula is C7H13NO3. The highest BCUT2D eigenvalue weighted by Crippen LogP contribution is 1.92. The van der Waals surface area contributed by atoms with Crippen molar-refractivity contribution in [2.45, 2.75) is 19.1 Å². The maximum absolute atomic E-state index is 10.8. The maximum atomic E-state index is 10.8. The number of hydrogen-bond donors (Lipinski definition) is 2. The van der Waals surface area contributed by atoms with Gasteiger partial charge in [-0.25, -0.2) is 0 Å². The quantitative estimate of drug-likeness (QED) is 0.425. The van der Waals surface area contributed by atoms with Crippen molar-refractivity contribution in [3.8, 4) is 0 Å². The van der Waals surface area contributed by atoms with Crippen LogP contribution in [0.15, 0.2) is 12.7 Å². The van der Waals surface area contributed by atoms with Gasteiger partial charge in [0.2, 0.25) is 0 Å². The van der Waals surface area contributed by atoms with Crippen molar-refractivity contribution in [2.75, 3.05) is 6.61 Å². The number of rotatable bonds is 4. The molecule has 0 radical (unpaired) electrons. The average Bonchev–Trinajstić information content (AvgIpc) is 1.98. The van der Waals surface area contributed by atoms with Gasteiger partial charge < -0.3 is 15.6 Å². The van der Waals surface area contributed by atoms with Gasteiger partial charge in [0.15, 0.2) is 0 Å². The van der Waals surface area contributed by atoms with E-state index in [1.54, 1.807) is 0 Å². The van der Waals surface area contributed by atoms with E-state index in [1.807, 2.05) is 0 Å². The predicted molar refractivity (Wildman–Crippen MR) is 40.8 cm³/mol. The molecular weight excluding hydrogens is 146 g/mol. The van der Waals surface area contributed by atoms with Crippen LogP contribution in [0.5, 0.6) is 0 Å². The van der Waals surface area contributed by atoms with Crippen LogP contribution in [0.3, 0.4) is 0 Å². The molecule has 0 rings (SSSR count). The number of nitrogens with two attached hydrogens (primary N) is 1. The summed E-state index contributed by atoms with van der Waals surface area (Å²) in [5.41, 5.74) is 5.24. The van der Waals surface area contributed by atoms with E-state index in [9.17, 15) is 4.79 Å². The number of aliphatic hydroxyl groups excluding tert-OH is 1. The zero-order valence-electron chi connectivity index (χ0n) is 6.49. The Bertz CT molecular complexity index is 145. The highest BCUT2D eigenvalue weighted by atomic mass is 16.5. The SMILES string of the molecule is C=CCOC(=O)[C@@H](N)[C@@H](C)O. The Morgan fingerprint density at radius 2 is 2.45 bits per heavy atom. The summed E-state index contributed by atoms with van der Waals surface area (Å²) in [5.74, 6) is -0.611. The molecule has 0 heterocycles. The maximum Gasteiger partial charge on any atom is 0.325 e. The van der Waals surface area contributed by atoms with Gasteiger partial charge in [-0.1, -0.05) is 12.7 Å². The minimum Gasteiger partial charge on any atom is -0.460 e. The average molecular weight is 159 g/mol. The summed E-state index contributed by atoms with van der Waals surface area (Å²) in [6.45, 7) is 4.91. The lowest BCUT2D eigenvalue weighted by molar-refractivity contribution is -0.146. The molecule has 0 fully saturated rings. The van der Waals surface area contributed by atoms with Crippen LogP contribution in [-0.4, -0.2) is 29.8 Å². The normalized spacial score (nSPS) is 15.2. The molecule has 0 saturated carbocycles. The minimum absolute atomic E-state index is 0.124. The molecule has 11 heavy (non-hydrogen) atoms. The van der Waals surface area contributed by atoms with Crippen LogP contribution in [-0.2, 0) is 9.53 Å². The van der Waals surface area contributed by atoms with Gasteiger partial charge in [-0.05, 0) is 6.92 Å². The van der Waals surface area contributed by atoms with E-state index in [0.29, 0.717) is 0 Å². The Labute approximate surface area is 65.6 Å². The second kappa shape index (κ2) is 4.87. The number of hydrogen-bond acceptors (Lipinski definition) is 4. The van der Waals surface area contributed by atoms with E-state index >= 15 is 0 Å². The van der Waals surface area contributed by atoms with E-state index in [1.165, 1.54) is 13.0 Å². The number of esters is 1. The summed E-state index contributed by atoms with van der Waals surface area (Å²) in [5, 5.41) is 8.84. The number of ether oxygens (including phenoxy) is 1. The summed E-state index contributed by atoms with van der Waals surface area (Å²) in [6.07, 6.45) is 0.555. The summed E-state index contributed by atoms with van der Waals surface area (Å²) in [6, 6.07) is -0.963. The van der Waals surface area contributed by atoms with E-state index in [0.717, 1.165) is 0 Å². The number of carbonyl (C=O) groups is 1. The van der Waals surface area contributed by atoms with Gasteiger partial charge in [-0.2, -0.15) is 0 Å². The highest BCUT2D eigenvalue weighted by Gasteiger charge is 2.19. The Morgan fingerprint density at radius 1 is 1.91 bits per heavy atom. The Kier molecular flexibility index (Phi) is 4.49. The molecule has 3 N–H and O–H groups in total. The van der Waals surface area contributed by atoms with Crippen LogP contribution in [0.4, 0.5) is 0 Å². The van der Waals surface area contributed by atoms with Crippen LogP contribution in [0.25, 0.3) is 0 Å². The van der Waals surface area contributed by atoms with Gasteiger partial charge in [0.05, 0.1) is 6.10 Å². The monoisotopic (exact) mass is 159 g/mol. The van der Waals surface area contributed by atoms with Gasteiger partial charge >= 0.3 is 5.97 Å². The third-order valence-corrected chi connectivity index (χ3v) is 1.14. The van der Waals surface area contributed by atoms with Gasteiger partial charge in [0.25, 0.3) is 0 Å². The number of aliphatic hydroxyl groups is 1. The lowest BCUT2D eigenvalue weighted by atomic mass is 10.2. The molecule has 0 aromatic carbocycles. The second-order valence-electron chi connectivity index (χ2n) is 2.19. The van der Waals surface area contributed by atoms with Gasteiger partial charge in [0, 0.05) is 0 Å². The molecule has 0 aliphatic heterocycles. The molecule has 0 bridgehead atoms. The molecule has 0 aromatic heterocycles. The molecule has 0 aliphatic carbocycles. The Morgan fingerprint density at radius 3 is 2.82 bits per heavy atom. The van der Waals surface area contributed by atoms with Crippen molar-refractivity contribution < 1.29 is 14.6 Å². The van der Waals surface area contributed by atoms with Gasteiger partial charge in [-0.15, -0.1) is 0 Å². The third kappa shape index (κ3) is 3.75. The molecule has 4 nitrogen and oxygen atoms in total. The molecule has 2 atom stereocenters. The first-order valence-corrected chi connectivity index (χ1v) is 3.30. The summed E-state index contributed by atoms with van der Waals surface area (Å²) in [7, 11) is 0. The molecule has 0 saturated heterocycles. The van der Waals surface area contributed by atoms with Crippen molar-refractivity contribution >= 4 is 5.97 Å². The van der Waals surface area contributed by atoms with Crippen LogP contribution < -0.4 is 5.73 Å². The third-order valence-electron chi connectivity index (χ3n) is 1.14. The van der Waals surface area contributed by atoms with Gasteiger partial charge in [-0.3, -0.25) is 4.79 Å². The molecule has 0 aliphatic rings. The smallest absolute Gasteiger partial charge is 0.325 e. The fraction of sp³-hybridized carbons (Fsp3) is 0.571. The number of carbonyl (C=O) groups excluding carboxylic acids is 1. The minimum atomic E-state index is -0.963. The van der Waals surface area contributed by atoms with Gasteiger partial charge in [0.1, 0.15) is 12.6 Å². The fourth-order valence-electron chi connectivity index (χ4n) is 0.434. The topological polar surface area (TPSA) is 72.5 Å². The molecule has 0 aromatic rings. The van der Waals surface area contributed by atoms with E-state index in [-0.39, 0.29) is 6.61 Å². The van der Waals surface area contributed by atoms with Crippen molar-refractivity contribution in [3.63, 3.8) is 0 Å². The first-order valence-electron chi connectivity index (χ1n) is 3.30. The van der Waals surface area contributed by atoms with Crippen LogP contribution >= 0.6 is 0 Å². The van der Waals surface area contributed by atoms with Crippen molar-refractivity contribution in [2.24, 2.45) is 5.73 Å². The summed E-state index contributed by atoms with van der Waals surface area (Å²) < 4.78 is 4.57. The zero-order chi connectivity index (χ0) is 8.85. The standard InChI is InChI=1S/C7H13NO3/c1-3-4-11-7(10)6(8)5(2)9/h3,5-6,9H,1,4,8H2,2H3/t5-,6+/m1/s1. The summed E-state index contributed by atoms with van der Waals surface area (Å²) >= 11 is 0. The fourth-order valence-corrected chi connectivity index (χ4v) is 0.434. The second-order valence-corrected chi connectivity index (χ2v) is 2.19. The molecule has 0 unspecified atom stereocenters. The van der Waals surface area contributed by atoms with Crippen LogP contribution in [0.2, 0.25) is 0 Å². The first-order chi connectivity index (χ1) is 5.09. The molecule has 64 valence electrons. The molecule has 0 amide bonds. The predicted octanol–water partition coefficient (Wildman–Crippen LogP) is -0.576. The Hall–Kier alpha value is -0.870. The molecule has 4 heteroatoms. The lowest BCUT2D eigenvalue weighted by Gasteiger charge is -2.12.